The molecule has 0 aliphatic heterocycles. The first kappa shape index (κ1) is 15.8. The van der Waals surface area contributed by atoms with Gasteiger partial charge in [-0.2, -0.15) is 4.98 Å². The minimum atomic E-state index is -0.351. The Balaban J connectivity index is 1.50. The van der Waals surface area contributed by atoms with Crippen molar-refractivity contribution in [2.45, 2.75) is 32.4 Å². The number of benzene rings is 1. The molecule has 1 amide bonds. The van der Waals surface area contributed by atoms with E-state index in [0.717, 1.165) is 5.56 Å². The summed E-state index contributed by atoms with van der Waals surface area (Å²) in [5.74, 6) is 0.795. The van der Waals surface area contributed by atoms with Crippen LogP contribution in [0.5, 0.6) is 0 Å². The number of carbonyl (C=O) groups is 1. The number of nitrogens with one attached hydrogen (secondary N) is 1. The molecule has 1 N–H and O–H groups in total. The van der Waals surface area contributed by atoms with Crippen molar-refractivity contribution in [2.24, 2.45) is 0 Å². The highest BCUT2D eigenvalue weighted by atomic mass is 16.5. The smallest absolute Gasteiger partial charge is 0.249 e. The van der Waals surface area contributed by atoms with Gasteiger partial charge in [-0.25, -0.2) is 4.68 Å². The summed E-state index contributed by atoms with van der Waals surface area (Å²) in [7, 11) is 0. The van der Waals surface area contributed by atoms with Gasteiger partial charge in [-0.3, -0.25) is 4.79 Å². The summed E-state index contributed by atoms with van der Waals surface area (Å²) >= 11 is 0. The predicted octanol–water partition coefficient (Wildman–Crippen LogP) is 1.38. The van der Waals surface area contributed by atoms with E-state index in [-0.39, 0.29) is 11.9 Å². The Morgan fingerprint density at radius 3 is 2.92 bits per heavy atom. The first-order valence-corrected chi connectivity index (χ1v) is 7.61. The van der Waals surface area contributed by atoms with E-state index in [1.165, 1.54) is 6.33 Å². The average molecular weight is 327 g/mol. The summed E-state index contributed by atoms with van der Waals surface area (Å²) in [6, 6.07) is 9.18. The molecule has 2 heterocycles. The van der Waals surface area contributed by atoms with Crippen LogP contribution in [-0.2, 0) is 11.3 Å². The quantitative estimate of drug-likeness (QED) is 0.697. The lowest BCUT2D eigenvalue weighted by Gasteiger charge is -2.09. The van der Waals surface area contributed by atoms with Crippen molar-refractivity contribution in [3.05, 3.63) is 42.5 Å². The second-order valence-electron chi connectivity index (χ2n) is 5.29. The molecule has 124 valence electrons. The number of hydrogen-bond donors (Lipinski definition) is 1. The molecular formula is C15H17N7O2. The maximum Gasteiger partial charge on any atom is 0.249 e. The molecule has 0 spiro atoms. The zero-order valence-corrected chi connectivity index (χ0v) is 13.2. The van der Waals surface area contributed by atoms with Gasteiger partial charge in [-0.05, 0) is 23.8 Å². The molecule has 0 saturated carbocycles. The number of carbonyl (C=O) groups excluding carboxylic acids is 1. The summed E-state index contributed by atoms with van der Waals surface area (Å²) < 4.78 is 6.82. The van der Waals surface area contributed by atoms with E-state index in [0.29, 0.717) is 31.1 Å². The van der Waals surface area contributed by atoms with E-state index in [2.05, 4.69) is 31.0 Å². The minimum absolute atomic E-state index is 0.0879. The molecule has 9 nitrogen and oxygen atoms in total. The number of nitrogens with zero attached hydrogens (tertiary/aromatic N) is 6. The van der Waals surface area contributed by atoms with Crippen LogP contribution in [0.25, 0.3) is 11.4 Å². The Morgan fingerprint density at radius 1 is 1.33 bits per heavy atom. The summed E-state index contributed by atoms with van der Waals surface area (Å²) in [6.07, 6.45) is 2.52. The Bertz CT molecular complexity index is 770. The van der Waals surface area contributed by atoms with Crippen LogP contribution in [0.1, 0.15) is 31.7 Å². The fourth-order valence-electron chi connectivity index (χ4n) is 2.18. The van der Waals surface area contributed by atoms with Crippen LogP contribution in [0, 0.1) is 0 Å². The Kier molecular flexibility index (Phi) is 4.90. The van der Waals surface area contributed by atoms with Crippen molar-refractivity contribution in [1.29, 1.82) is 0 Å². The molecule has 0 unspecified atom stereocenters. The third kappa shape index (κ3) is 4.00. The minimum Gasteiger partial charge on any atom is -0.345 e. The van der Waals surface area contributed by atoms with Crippen LogP contribution < -0.4 is 5.32 Å². The van der Waals surface area contributed by atoms with Crippen LogP contribution in [0.3, 0.4) is 0 Å². The molecule has 0 bridgehead atoms. The number of hydrogen-bond acceptors (Lipinski definition) is 7. The van der Waals surface area contributed by atoms with Gasteiger partial charge in [-0.1, -0.05) is 35.5 Å². The molecule has 0 fully saturated rings. The summed E-state index contributed by atoms with van der Waals surface area (Å²) in [6.45, 7) is 2.40. The van der Waals surface area contributed by atoms with E-state index in [1.807, 2.05) is 37.3 Å². The molecule has 0 radical (unpaired) electrons. The third-order valence-electron chi connectivity index (χ3n) is 3.40. The molecule has 24 heavy (non-hydrogen) atoms. The normalized spacial score (nSPS) is 12.0. The summed E-state index contributed by atoms with van der Waals surface area (Å²) in [5.41, 5.74) is 0.868. The second kappa shape index (κ2) is 7.44. The molecule has 2 aromatic heterocycles. The van der Waals surface area contributed by atoms with Crippen LogP contribution in [-0.4, -0.2) is 36.3 Å². The first-order valence-electron chi connectivity index (χ1n) is 7.61. The van der Waals surface area contributed by atoms with Gasteiger partial charge < -0.3 is 9.84 Å². The molecule has 0 aliphatic carbocycles. The van der Waals surface area contributed by atoms with E-state index >= 15 is 0 Å². The molecule has 9 heteroatoms. The molecule has 1 atom stereocenters. The Morgan fingerprint density at radius 2 is 2.17 bits per heavy atom. The van der Waals surface area contributed by atoms with Crippen LogP contribution in [0.4, 0.5) is 0 Å². The maximum absolute atomic E-state index is 12.0. The fraction of sp³-hybridized carbons (Fsp3) is 0.333. The highest BCUT2D eigenvalue weighted by Crippen LogP contribution is 2.18. The number of tetrazole rings is 1. The van der Waals surface area contributed by atoms with Crippen molar-refractivity contribution < 1.29 is 9.32 Å². The fourth-order valence-corrected chi connectivity index (χ4v) is 2.18. The van der Waals surface area contributed by atoms with Gasteiger partial charge in [0.25, 0.3) is 0 Å². The lowest BCUT2D eigenvalue weighted by molar-refractivity contribution is -0.122. The monoisotopic (exact) mass is 327 g/mol. The van der Waals surface area contributed by atoms with Gasteiger partial charge >= 0.3 is 0 Å². The van der Waals surface area contributed by atoms with Crippen molar-refractivity contribution in [1.82, 2.24) is 35.7 Å². The van der Waals surface area contributed by atoms with Crippen molar-refractivity contribution >= 4 is 5.91 Å². The van der Waals surface area contributed by atoms with Crippen LogP contribution in [0.2, 0.25) is 0 Å². The SMILES string of the molecule is C[C@H](NC(=O)CCCn1cnnn1)c1nc(-c2ccccc2)no1. The zero-order chi connectivity index (χ0) is 16.8. The largest absolute Gasteiger partial charge is 0.345 e. The van der Waals surface area contributed by atoms with Gasteiger partial charge in [0.05, 0.1) is 0 Å². The van der Waals surface area contributed by atoms with E-state index in [9.17, 15) is 4.79 Å². The van der Waals surface area contributed by atoms with E-state index in [1.54, 1.807) is 4.68 Å². The van der Waals surface area contributed by atoms with Crippen molar-refractivity contribution in [2.75, 3.05) is 0 Å². The predicted molar refractivity (Wildman–Crippen MR) is 83.3 cm³/mol. The number of amides is 1. The van der Waals surface area contributed by atoms with Crippen molar-refractivity contribution in [3.8, 4) is 11.4 Å². The third-order valence-corrected chi connectivity index (χ3v) is 3.40. The Labute approximate surface area is 138 Å². The first-order chi connectivity index (χ1) is 11.7. The topological polar surface area (TPSA) is 112 Å². The summed E-state index contributed by atoms with van der Waals surface area (Å²) in [4.78, 5) is 16.3. The second-order valence-corrected chi connectivity index (χ2v) is 5.29. The summed E-state index contributed by atoms with van der Waals surface area (Å²) in [5, 5.41) is 17.6. The van der Waals surface area contributed by atoms with Gasteiger partial charge in [0.2, 0.25) is 17.6 Å². The molecule has 3 rings (SSSR count). The lowest BCUT2D eigenvalue weighted by atomic mass is 10.2. The van der Waals surface area contributed by atoms with Crippen molar-refractivity contribution in [3.63, 3.8) is 0 Å². The van der Waals surface area contributed by atoms with Gasteiger partial charge in [-0.15, -0.1) is 5.10 Å². The van der Waals surface area contributed by atoms with Gasteiger partial charge in [0, 0.05) is 18.5 Å². The highest BCUT2D eigenvalue weighted by Gasteiger charge is 2.17. The maximum atomic E-state index is 12.0. The Hall–Kier alpha value is -3.10. The van der Waals surface area contributed by atoms with Crippen LogP contribution in [0.15, 0.2) is 41.2 Å². The number of aromatic nitrogens is 6. The van der Waals surface area contributed by atoms with Gasteiger partial charge in [0.1, 0.15) is 12.4 Å². The molecule has 0 aliphatic rings. The molecular weight excluding hydrogens is 310 g/mol. The van der Waals surface area contributed by atoms with E-state index < -0.39 is 0 Å². The average Bonchev–Trinajstić information content (AvgIpc) is 3.27. The molecule has 0 saturated heterocycles. The highest BCUT2D eigenvalue weighted by molar-refractivity contribution is 5.76. The molecule has 3 aromatic rings. The van der Waals surface area contributed by atoms with Gasteiger partial charge in [0.15, 0.2) is 0 Å². The van der Waals surface area contributed by atoms with Crippen LogP contribution >= 0.6 is 0 Å². The van der Waals surface area contributed by atoms with E-state index in [4.69, 9.17) is 4.52 Å². The zero-order valence-electron chi connectivity index (χ0n) is 13.2. The number of aryl methyl sites for hydroxylation is 1. The number of rotatable bonds is 7. The lowest BCUT2D eigenvalue weighted by Crippen LogP contribution is -2.26. The molecule has 1 aromatic carbocycles. The standard InChI is InChI=1S/C15H17N7O2/c1-11(17-13(23)8-5-9-22-10-16-20-21-22)15-18-14(19-24-15)12-6-3-2-4-7-12/h2-4,6-7,10-11H,5,8-9H2,1H3,(H,17,23)/t11-/m0/s1.